The van der Waals surface area contributed by atoms with Gasteiger partial charge in [0.1, 0.15) is 0 Å². The van der Waals surface area contributed by atoms with Crippen LogP contribution in [0.1, 0.15) is 16.8 Å². The maximum Gasteiger partial charge on any atom is 0.306 e. The molecule has 0 aliphatic carbocycles. The standard InChI is InChI=1S/C12H13F2NO4/c1-19-7(5-10(16)17)6-15-12(18)8-3-2-4-9(13)11(8)14/h2-4,7H,5-6H2,1H3,(H,15,18)(H,16,17). The summed E-state index contributed by atoms with van der Waals surface area (Å²) >= 11 is 0. The lowest BCUT2D eigenvalue weighted by molar-refractivity contribution is -0.139. The van der Waals surface area contributed by atoms with E-state index in [1.807, 2.05) is 0 Å². The van der Waals surface area contributed by atoms with Crippen LogP contribution in [0.15, 0.2) is 18.2 Å². The molecule has 0 heterocycles. The molecule has 0 spiro atoms. The highest BCUT2D eigenvalue weighted by Gasteiger charge is 2.17. The van der Waals surface area contributed by atoms with Gasteiger partial charge in [0.25, 0.3) is 5.91 Å². The molecule has 5 nitrogen and oxygen atoms in total. The van der Waals surface area contributed by atoms with Gasteiger partial charge in [-0.15, -0.1) is 0 Å². The molecule has 0 aliphatic heterocycles. The fourth-order valence-electron chi connectivity index (χ4n) is 1.41. The normalized spacial score (nSPS) is 11.9. The van der Waals surface area contributed by atoms with E-state index in [9.17, 15) is 18.4 Å². The summed E-state index contributed by atoms with van der Waals surface area (Å²) in [5.41, 5.74) is -0.440. The third-order valence-corrected chi connectivity index (χ3v) is 2.42. The molecular formula is C12H13F2NO4. The molecule has 1 aromatic carbocycles. The molecule has 1 amide bonds. The van der Waals surface area contributed by atoms with E-state index in [2.05, 4.69) is 5.32 Å². The first kappa shape index (κ1) is 15.0. The molecule has 0 radical (unpaired) electrons. The zero-order valence-electron chi connectivity index (χ0n) is 10.2. The van der Waals surface area contributed by atoms with Crippen molar-refractivity contribution < 1.29 is 28.2 Å². The predicted molar refractivity (Wildman–Crippen MR) is 61.7 cm³/mol. The summed E-state index contributed by atoms with van der Waals surface area (Å²) in [7, 11) is 1.29. The van der Waals surface area contributed by atoms with Gasteiger partial charge in [-0.2, -0.15) is 0 Å². The third kappa shape index (κ3) is 4.29. The van der Waals surface area contributed by atoms with Gasteiger partial charge in [-0.25, -0.2) is 8.78 Å². The number of carbonyl (C=O) groups is 2. The van der Waals surface area contributed by atoms with Crippen molar-refractivity contribution >= 4 is 11.9 Å². The van der Waals surface area contributed by atoms with Crippen LogP contribution in [0.4, 0.5) is 8.78 Å². The van der Waals surface area contributed by atoms with Crippen LogP contribution in [-0.2, 0) is 9.53 Å². The molecular weight excluding hydrogens is 260 g/mol. The summed E-state index contributed by atoms with van der Waals surface area (Å²) in [5, 5.41) is 10.9. The van der Waals surface area contributed by atoms with E-state index in [0.29, 0.717) is 0 Å². The number of ether oxygens (including phenoxy) is 1. The molecule has 1 rings (SSSR count). The van der Waals surface area contributed by atoms with Gasteiger partial charge in [0.05, 0.1) is 18.1 Å². The average Bonchev–Trinajstić information content (AvgIpc) is 2.37. The van der Waals surface area contributed by atoms with E-state index in [4.69, 9.17) is 9.84 Å². The summed E-state index contributed by atoms with van der Waals surface area (Å²) in [4.78, 5) is 22.1. The molecule has 19 heavy (non-hydrogen) atoms. The number of nitrogens with one attached hydrogen (secondary N) is 1. The van der Waals surface area contributed by atoms with Crippen molar-refractivity contribution in [2.24, 2.45) is 0 Å². The van der Waals surface area contributed by atoms with Crippen LogP contribution in [0.2, 0.25) is 0 Å². The van der Waals surface area contributed by atoms with Crippen LogP contribution >= 0.6 is 0 Å². The number of amides is 1. The summed E-state index contributed by atoms with van der Waals surface area (Å²) in [6, 6.07) is 3.24. The Morgan fingerprint density at radius 1 is 1.42 bits per heavy atom. The van der Waals surface area contributed by atoms with Gasteiger partial charge in [0.15, 0.2) is 11.6 Å². The van der Waals surface area contributed by atoms with Crippen molar-refractivity contribution in [3.8, 4) is 0 Å². The lowest BCUT2D eigenvalue weighted by Crippen LogP contribution is -2.35. The Balaban J connectivity index is 2.64. The average molecular weight is 273 g/mol. The van der Waals surface area contributed by atoms with Gasteiger partial charge < -0.3 is 15.2 Å². The van der Waals surface area contributed by atoms with Crippen molar-refractivity contribution in [1.29, 1.82) is 0 Å². The van der Waals surface area contributed by atoms with Crippen LogP contribution < -0.4 is 5.32 Å². The van der Waals surface area contributed by atoms with Gasteiger partial charge in [0, 0.05) is 13.7 Å². The van der Waals surface area contributed by atoms with Crippen molar-refractivity contribution in [2.45, 2.75) is 12.5 Å². The van der Waals surface area contributed by atoms with E-state index >= 15 is 0 Å². The first-order chi connectivity index (χ1) is 8.95. The molecule has 0 bridgehead atoms. The molecule has 0 saturated carbocycles. The van der Waals surface area contributed by atoms with E-state index < -0.39 is 35.2 Å². The quantitative estimate of drug-likeness (QED) is 0.816. The fourth-order valence-corrected chi connectivity index (χ4v) is 1.41. The highest BCUT2D eigenvalue weighted by molar-refractivity contribution is 5.94. The second-order valence-electron chi connectivity index (χ2n) is 3.77. The Hall–Kier alpha value is -2.02. The van der Waals surface area contributed by atoms with Crippen molar-refractivity contribution in [1.82, 2.24) is 5.32 Å². The topological polar surface area (TPSA) is 75.6 Å². The number of carboxylic acids is 1. The van der Waals surface area contributed by atoms with Gasteiger partial charge in [-0.3, -0.25) is 9.59 Å². The van der Waals surface area contributed by atoms with Gasteiger partial charge in [0.2, 0.25) is 0 Å². The second kappa shape index (κ2) is 6.79. The number of benzene rings is 1. The Morgan fingerprint density at radius 2 is 2.11 bits per heavy atom. The van der Waals surface area contributed by atoms with E-state index in [1.165, 1.54) is 13.2 Å². The van der Waals surface area contributed by atoms with Crippen LogP contribution in [0.3, 0.4) is 0 Å². The van der Waals surface area contributed by atoms with Crippen molar-refractivity contribution in [3.05, 3.63) is 35.4 Å². The number of carbonyl (C=O) groups excluding carboxylic acids is 1. The molecule has 1 atom stereocenters. The number of carboxylic acid groups (broad SMARTS) is 1. The minimum absolute atomic E-state index is 0.114. The Bertz CT molecular complexity index is 479. The molecule has 104 valence electrons. The number of aliphatic carboxylic acids is 1. The maximum absolute atomic E-state index is 13.3. The highest BCUT2D eigenvalue weighted by Crippen LogP contribution is 2.11. The minimum Gasteiger partial charge on any atom is -0.481 e. The Labute approximate surface area is 108 Å². The first-order valence-corrected chi connectivity index (χ1v) is 5.42. The van der Waals surface area contributed by atoms with E-state index in [0.717, 1.165) is 12.1 Å². The second-order valence-corrected chi connectivity index (χ2v) is 3.77. The SMILES string of the molecule is COC(CNC(=O)c1cccc(F)c1F)CC(=O)O. The minimum atomic E-state index is -1.24. The molecule has 0 aliphatic rings. The predicted octanol–water partition coefficient (Wildman–Crippen LogP) is 1.18. The van der Waals surface area contributed by atoms with Gasteiger partial charge >= 0.3 is 5.97 Å². The zero-order chi connectivity index (χ0) is 14.4. The fraction of sp³-hybridized carbons (Fsp3) is 0.333. The molecule has 0 saturated heterocycles. The maximum atomic E-state index is 13.3. The number of hydrogen-bond donors (Lipinski definition) is 2. The largest absolute Gasteiger partial charge is 0.481 e. The van der Waals surface area contributed by atoms with Crippen molar-refractivity contribution in [3.63, 3.8) is 0 Å². The van der Waals surface area contributed by atoms with Gasteiger partial charge in [-0.05, 0) is 12.1 Å². The lowest BCUT2D eigenvalue weighted by atomic mass is 10.2. The lowest BCUT2D eigenvalue weighted by Gasteiger charge is -2.14. The molecule has 1 aromatic rings. The first-order valence-electron chi connectivity index (χ1n) is 5.42. The van der Waals surface area contributed by atoms with Crippen LogP contribution in [0, 0.1) is 11.6 Å². The zero-order valence-corrected chi connectivity index (χ0v) is 10.2. The summed E-state index contributed by atoms with van der Waals surface area (Å²) < 4.78 is 31.1. The monoisotopic (exact) mass is 273 g/mol. The van der Waals surface area contributed by atoms with E-state index in [-0.39, 0.29) is 13.0 Å². The van der Waals surface area contributed by atoms with E-state index in [1.54, 1.807) is 0 Å². The molecule has 2 N–H and O–H groups in total. The van der Waals surface area contributed by atoms with Crippen LogP contribution in [-0.4, -0.2) is 36.7 Å². The smallest absolute Gasteiger partial charge is 0.306 e. The third-order valence-electron chi connectivity index (χ3n) is 2.42. The Morgan fingerprint density at radius 3 is 2.68 bits per heavy atom. The summed E-state index contributed by atoms with van der Waals surface area (Å²) in [6.45, 7) is -0.114. The molecule has 0 aromatic heterocycles. The molecule has 7 heteroatoms. The molecule has 1 unspecified atom stereocenters. The summed E-state index contributed by atoms with van der Waals surface area (Å²) in [6.07, 6.45) is -1.04. The van der Waals surface area contributed by atoms with Crippen molar-refractivity contribution in [2.75, 3.05) is 13.7 Å². The van der Waals surface area contributed by atoms with Crippen LogP contribution in [0.25, 0.3) is 0 Å². The summed E-state index contributed by atoms with van der Waals surface area (Å²) in [5.74, 6) is -4.28. The van der Waals surface area contributed by atoms with Gasteiger partial charge in [-0.1, -0.05) is 6.07 Å². The number of halogens is 2. The number of hydrogen-bond acceptors (Lipinski definition) is 3. The molecule has 0 fully saturated rings. The number of methoxy groups -OCH3 is 1. The van der Waals surface area contributed by atoms with Crippen LogP contribution in [0.5, 0.6) is 0 Å². The Kier molecular flexibility index (Phi) is 5.37. The number of rotatable bonds is 6. The highest BCUT2D eigenvalue weighted by atomic mass is 19.2.